The lowest BCUT2D eigenvalue weighted by atomic mass is 10.3. The van der Waals surface area contributed by atoms with Gasteiger partial charge in [0.25, 0.3) is 0 Å². The van der Waals surface area contributed by atoms with Crippen LogP contribution in [0.5, 0.6) is 0 Å². The van der Waals surface area contributed by atoms with Gasteiger partial charge in [-0.25, -0.2) is 9.97 Å². The molecule has 0 saturated heterocycles. The number of carboxylic acids is 1. The van der Waals surface area contributed by atoms with E-state index in [1.165, 1.54) is 0 Å². The SMILES string of the molecule is O=C(O)C1CC1c1nc2ncccc2[nH]1. The number of nitrogens with zero attached hydrogens (tertiary/aromatic N) is 2. The van der Waals surface area contributed by atoms with Crippen LogP contribution in [0.15, 0.2) is 18.3 Å². The largest absolute Gasteiger partial charge is 0.481 e. The molecule has 76 valence electrons. The minimum Gasteiger partial charge on any atom is -0.481 e. The molecule has 1 fully saturated rings. The highest BCUT2D eigenvalue weighted by molar-refractivity contribution is 5.76. The molecule has 2 heterocycles. The Morgan fingerprint density at radius 3 is 3.13 bits per heavy atom. The molecule has 5 heteroatoms. The van der Waals surface area contributed by atoms with Crippen molar-refractivity contribution in [2.45, 2.75) is 12.3 Å². The normalized spacial score (nSPS) is 24.3. The van der Waals surface area contributed by atoms with E-state index < -0.39 is 5.97 Å². The van der Waals surface area contributed by atoms with E-state index in [9.17, 15) is 4.79 Å². The smallest absolute Gasteiger partial charge is 0.307 e. The van der Waals surface area contributed by atoms with Crippen molar-refractivity contribution in [2.75, 3.05) is 0 Å². The molecule has 2 aromatic heterocycles. The van der Waals surface area contributed by atoms with Crippen molar-refractivity contribution in [3.8, 4) is 0 Å². The van der Waals surface area contributed by atoms with E-state index in [1.54, 1.807) is 6.20 Å². The van der Waals surface area contributed by atoms with Gasteiger partial charge in [-0.05, 0) is 18.6 Å². The molecular formula is C10H9N3O2. The zero-order valence-electron chi connectivity index (χ0n) is 7.84. The van der Waals surface area contributed by atoms with Crippen LogP contribution >= 0.6 is 0 Å². The quantitative estimate of drug-likeness (QED) is 0.767. The fraction of sp³-hybridized carbons (Fsp3) is 0.300. The fourth-order valence-corrected chi connectivity index (χ4v) is 1.81. The lowest BCUT2D eigenvalue weighted by Crippen LogP contribution is -1.99. The van der Waals surface area contributed by atoms with Crippen LogP contribution in [0.4, 0.5) is 0 Å². The zero-order valence-corrected chi connectivity index (χ0v) is 7.84. The van der Waals surface area contributed by atoms with Gasteiger partial charge in [0.2, 0.25) is 0 Å². The van der Waals surface area contributed by atoms with Crippen molar-refractivity contribution in [3.05, 3.63) is 24.2 Å². The van der Waals surface area contributed by atoms with Crippen molar-refractivity contribution < 1.29 is 9.90 Å². The Kier molecular flexibility index (Phi) is 1.56. The predicted octanol–water partition coefficient (Wildman–Crippen LogP) is 1.15. The first-order valence-corrected chi connectivity index (χ1v) is 4.79. The number of aromatic nitrogens is 3. The molecule has 2 aromatic rings. The number of fused-ring (bicyclic) bond motifs is 1. The zero-order chi connectivity index (χ0) is 10.4. The first-order valence-electron chi connectivity index (χ1n) is 4.79. The first kappa shape index (κ1) is 8.40. The Bertz CT molecular complexity index is 501. The van der Waals surface area contributed by atoms with E-state index in [-0.39, 0.29) is 11.8 Å². The number of imidazole rings is 1. The molecule has 2 unspecified atom stereocenters. The Hall–Kier alpha value is -1.91. The van der Waals surface area contributed by atoms with Crippen molar-refractivity contribution in [1.29, 1.82) is 0 Å². The van der Waals surface area contributed by atoms with Crippen LogP contribution in [-0.4, -0.2) is 26.0 Å². The summed E-state index contributed by atoms with van der Waals surface area (Å²) in [5.41, 5.74) is 1.52. The minimum atomic E-state index is -0.742. The fourth-order valence-electron chi connectivity index (χ4n) is 1.81. The Labute approximate surface area is 85.2 Å². The summed E-state index contributed by atoms with van der Waals surface area (Å²) in [4.78, 5) is 22.2. The number of rotatable bonds is 2. The van der Waals surface area contributed by atoms with Crippen LogP contribution in [0, 0.1) is 5.92 Å². The first-order chi connectivity index (χ1) is 7.25. The summed E-state index contributed by atoms with van der Waals surface area (Å²) in [6, 6.07) is 3.71. The maximum absolute atomic E-state index is 10.7. The van der Waals surface area contributed by atoms with Crippen LogP contribution in [0.2, 0.25) is 0 Å². The van der Waals surface area contributed by atoms with Gasteiger partial charge >= 0.3 is 5.97 Å². The van der Waals surface area contributed by atoms with Gasteiger partial charge in [-0.3, -0.25) is 4.79 Å². The Morgan fingerprint density at radius 2 is 2.47 bits per heavy atom. The van der Waals surface area contributed by atoms with Crippen LogP contribution in [0.25, 0.3) is 11.2 Å². The number of carbonyl (C=O) groups is 1. The number of hydrogen-bond donors (Lipinski definition) is 2. The predicted molar refractivity (Wildman–Crippen MR) is 52.4 cm³/mol. The third kappa shape index (κ3) is 1.27. The van der Waals surface area contributed by atoms with Gasteiger partial charge in [0, 0.05) is 12.1 Å². The van der Waals surface area contributed by atoms with E-state index in [0.717, 1.165) is 11.3 Å². The summed E-state index contributed by atoms with van der Waals surface area (Å²) in [6.45, 7) is 0. The van der Waals surface area contributed by atoms with E-state index >= 15 is 0 Å². The van der Waals surface area contributed by atoms with Crippen LogP contribution in [0.1, 0.15) is 18.2 Å². The van der Waals surface area contributed by atoms with Gasteiger partial charge in [0.1, 0.15) is 5.82 Å². The average Bonchev–Trinajstić information content (AvgIpc) is 2.91. The van der Waals surface area contributed by atoms with E-state index in [0.29, 0.717) is 12.1 Å². The maximum atomic E-state index is 10.7. The monoisotopic (exact) mass is 203 g/mol. The molecule has 0 amide bonds. The number of nitrogens with one attached hydrogen (secondary N) is 1. The molecular weight excluding hydrogens is 194 g/mol. The number of H-pyrrole nitrogens is 1. The molecule has 2 N–H and O–H groups in total. The molecule has 3 rings (SSSR count). The summed E-state index contributed by atoms with van der Waals surface area (Å²) in [5.74, 6) is -0.230. The highest BCUT2D eigenvalue weighted by Crippen LogP contribution is 2.46. The summed E-state index contributed by atoms with van der Waals surface area (Å²) in [6.07, 6.45) is 2.35. The standard InChI is InChI=1S/C10H9N3O2/c14-10(15)6-4-5(6)8-12-7-2-1-3-11-9(7)13-8/h1-3,5-6H,4H2,(H,14,15)(H,11,12,13). The molecule has 0 bridgehead atoms. The summed E-state index contributed by atoms with van der Waals surface area (Å²) >= 11 is 0. The Morgan fingerprint density at radius 1 is 1.60 bits per heavy atom. The lowest BCUT2D eigenvalue weighted by Gasteiger charge is -1.89. The second kappa shape index (κ2) is 2.79. The number of aromatic amines is 1. The van der Waals surface area contributed by atoms with E-state index in [1.807, 2.05) is 12.1 Å². The molecule has 0 spiro atoms. The molecule has 0 aromatic carbocycles. The molecule has 1 saturated carbocycles. The minimum absolute atomic E-state index is 0.0386. The third-order valence-corrected chi connectivity index (χ3v) is 2.73. The molecule has 0 radical (unpaired) electrons. The average molecular weight is 203 g/mol. The number of pyridine rings is 1. The second-order valence-electron chi connectivity index (χ2n) is 3.78. The van der Waals surface area contributed by atoms with Crippen molar-refractivity contribution in [1.82, 2.24) is 15.0 Å². The van der Waals surface area contributed by atoms with E-state index in [2.05, 4.69) is 15.0 Å². The van der Waals surface area contributed by atoms with Crippen molar-refractivity contribution in [3.63, 3.8) is 0 Å². The van der Waals surface area contributed by atoms with Crippen molar-refractivity contribution in [2.24, 2.45) is 5.92 Å². The summed E-state index contributed by atoms with van der Waals surface area (Å²) in [5, 5.41) is 8.80. The van der Waals surface area contributed by atoms with Crippen LogP contribution in [0.3, 0.4) is 0 Å². The van der Waals surface area contributed by atoms with Gasteiger partial charge in [-0.1, -0.05) is 0 Å². The van der Waals surface area contributed by atoms with Gasteiger partial charge < -0.3 is 10.1 Å². The molecule has 2 atom stereocenters. The van der Waals surface area contributed by atoms with Crippen molar-refractivity contribution >= 4 is 17.1 Å². The highest BCUT2D eigenvalue weighted by atomic mass is 16.4. The van der Waals surface area contributed by atoms with Gasteiger partial charge in [-0.2, -0.15) is 0 Å². The number of carboxylic acid groups (broad SMARTS) is 1. The molecule has 1 aliphatic carbocycles. The van der Waals surface area contributed by atoms with Gasteiger partial charge in [0.15, 0.2) is 5.65 Å². The molecule has 15 heavy (non-hydrogen) atoms. The van der Waals surface area contributed by atoms with Crippen LogP contribution in [-0.2, 0) is 4.79 Å². The molecule has 0 aliphatic heterocycles. The summed E-state index contributed by atoms with van der Waals surface area (Å²) in [7, 11) is 0. The van der Waals surface area contributed by atoms with E-state index in [4.69, 9.17) is 5.11 Å². The highest BCUT2D eigenvalue weighted by Gasteiger charge is 2.46. The third-order valence-electron chi connectivity index (χ3n) is 2.73. The van der Waals surface area contributed by atoms with Crippen LogP contribution < -0.4 is 0 Å². The molecule has 1 aliphatic rings. The topological polar surface area (TPSA) is 78.9 Å². The lowest BCUT2D eigenvalue weighted by molar-refractivity contribution is -0.138. The second-order valence-corrected chi connectivity index (χ2v) is 3.78. The summed E-state index contributed by atoms with van der Waals surface area (Å²) < 4.78 is 0. The maximum Gasteiger partial charge on any atom is 0.307 e. The Balaban J connectivity index is 1.97. The number of aliphatic carboxylic acids is 1. The van der Waals surface area contributed by atoms with Gasteiger partial charge in [0.05, 0.1) is 11.4 Å². The van der Waals surface area contributed by atoms with Gasteiger partial charge in [-0.15, -0.1) is 0 Å². The molecule has 5 nitrogen and oxygen atoms in total. The number of hydrogen-bond acceptors (Lipinski definition) is 3.